The molecule has 0 radical (unpaired) electrons. The molecule has 0 saturated heterocycles. The third kappa shape index (κ3) is 1.84. The summed E-state index contributed by atoms with van der Waals surface area (Å²) >= 11 is 0. The fourth-order valence-electron chi connectivity index (χ4n) is 1.63. The zero-order valence-corrected chi connectivity index (χ0v) is 8.87. The summed E-state index contributed by atoms with van der Waals surface area (Å²) in [4.78, 5) is 22.9. The molecular formula is C11H12N2O3. The molecule has 84 valence electrons. The summed E-state index contributed by atoms with van der Waals surface area (Å²) in [5.74, 6) is -0.566. The van der Waals surface area contributed by atoms with Crippen molar-refractivity contribution in [1.29, 1.82) is 0 Å². The predicted octanol–water partition coefficient (Wildman–Crippen LogP) is 1.23. The van der Waals surface area contributed by atoms with Crippen molar-refractivity contribution in [2.24, 2.45) is 0 Å². The van der Waals surface area contributed by atoms with Crippen LogP contribution in [-0.4, -0.2) is 25.5 Å². The fourth-order valence-corrected chi connectivity index (χ4v) is 1.63. The number of carbonyl (C=O) groups is 2. The molecule has 2 N–H and O–H groups in total. The zero-order chi connectivity index (χ0) is 11.5. The second-order valence-corrected chi connectivity index (χ2v) is 3.44. The third-order valence-corrected chi connectivity index (χ3v) is 2.40. The van der Waals surface area contributed by atoms with E-state index in [9.17, 15) is 9.59 Å². The van der Waals surface area contributed by atoms with Crippen molar-refractivity contribution in [2.45, 2.75) is 6.42 Å². The lowest BCUT2D eigenvalue weighted by Gasteiger charge is -2.11. The van der Waals surface area contributed by atoms with Crippen molar-refractivity contribution >= 4 is 23.3 Å². The number of para-hydroxylation sites is 1. The molecule has 1 heterocycles. The molecule has 5 heteroatoms. The first-order chi connectivity index (χ1) is 7.72. The second-order valence-electron chi connectivity index (χ2n) is 3.44. The van der Waals surface area contributed by atoms with Gasteiger partial charge in [-0.15, -0.1) is 0 Å². The van der Waals surface area contributed by atoms with Gasteiger partial charge in [0, 0.05) is 13.0 Å². The largest absolute Gasteiger partial charge is 0.465 e. The van der Waals surface area contributed by atoms with Gasteiger partial charge in [-0.25, -0.2) is 4.79 Å². The number of hydrogen-bond acceptors (Lipinski definition) is 4. The topological polar surface area (TPSA) is 67.4 Å². The Hall–Kier alpha value is -2.04. The van der Waals surface area contributed by atoms with E-state index in [4.69, 9.17) is 0 Å². The van der Waals surface area contributed by atoms with E-state index >= 15 is 0 Å². The first-order valence-corrected chi connectivity index (χ1v) is 4.97. The van der Waals surface area contributed by atoms with Crippen LogP contribution < -0.4 is 10.6 Å². The van der Waals surface area contributed by atoms with Crippen molar-refractivity contribution in [1.82, 2.24) is 0 Å². The fraction of sp³-hybridized carbons (Fsp3) is 0.273. The van der Waals surface area contributed by atoms with Crippen LogP contribution in [0.4, 0.5) is 11.4 Å². The Morgan fingerprint density at radius 1 is 1.44 bits per heavy atom. The standard InChI is InChI=1S/C11H12N2O3/c1-16-11(15)7-3-2-4-8-10(7)13-9(14)5-6-12-8/h2-4,12H,5-6H2,1H3,(H,13,14). The van der Waals surface area contributed by atoms with Gasteiger partial charge in [0.25, 0.3) is 0 Å². The highest BCUT2D eigenvalue weighted by molar-refractivity contribution is 6.05. The first-order valence-electron chi connectivity index (χ1n) is 4.97. The number of nitrogens with one attached hydrogen (secondary N) is 2. The van der Waals surface area contributed by atoms with Crippen molar-refractivity contribution in [3.8, 4) is 0 Å². The number of anilines is 2. The minimum absolute atomic E-state index is 0.109. The smallest absolute Gasteiger partial charge is 0.340 e. The molecule has 16 heavy (non-hydrogen) atoms. The summed E-state index contributed by atoms with van der Waals surface area (Å²) in [6.07, 6.45) is 0.384. The predicted molar refractivity (Wildman–Crippen MR) is 59.5 cm³/mol. The van der Waals surface area contributed by atoms with Gasteiger partial charge in [0.05, 0.1) is 24.0 Å². The molecule has 0 saturated carbocycles. The lowest BCUT2D eigenvalue weighted by atomic mass is 10.1. The molecule has 1 amide bonds. The molecule has 0 unspecified atom stereocenters. The average molecular weight is 220 g/mol. The van der Waals surface area contributed by atoms with Crippen LogP contribution in [0.3, 0.4) is 0 Å². The highest BCUT2D eigenvalue weighted by Crippen LogP contribution is 2.28. The molecule has 0 bridgehead atoms. The molecule has 0 aromatic heterocycles. The average Bonchev–Trinajstić information content (AvgIpc) is 2.48. The van der Waals surface area contributed by atoms with Gasteiger partial charge in [-0.2, -0.15) is 0 Å². The zero-order valence-electron chi connectivity index (χ0n) is 8.87. The van der Waals surface area contributed by atoms with E-state index in [1.807, 2.05) is 6.07 Å². The van der Waals surface area contributed by atoms with Gasteiger partial charge in [-0.1, -0.05) is 6.07 Å². The van der Waals surface area contributed by atoms with Crippen LogP contribution in [0.2, 0.25) is 0 Å². The van der Waals surface area contributed by atoms with Gasteiger partial charge in [-0.3, -0.25) is 4.79 Å². The van der Waals surface area contributed by atoms with E-state index < -0.39 is 5.97 Å². The van der Waals surface area contributed by atoms with E-state index in [0.29, 0.717) is 24.2 Å². The number of amides is 1. The normalized spacial score (nSPS) is 14.2. The molecule has 1 aliphatic rings. The minimum atomic E-state index is -0.458. The van der Waals surface area contributed by atoms with Gasteiger partial charge in [0.15, 0.2) is 0 Å². The maximum atomic E-state index is 11.5. The van der Waals surface area contributed by atoms with Crippen LogP contribution in [0.25, 0.3) is 0 Å². The van der Waals surface area contributed by atoms with Crippen LogP contribution in [0, 0.1) is 0 Å². The van der Waals surface area contributed by atoms with Crippen molar-refractivity contribution in [3.63, 3.8) is 0 Å². The summed E-state index contributed by atoms with van der Waals surface area (Å²) in [6.45, 7) is 0.559. The quantitative estimate of drug-likeness (QED) is 0.698. The number of methoxy groups -OCH3 is 1. The number of hydrogen-bond donors (Lipinski definition) is 2. The molecule has 0 spiro atoms. The number of fused-ring (bicyclic) bond motifs is 1. The Labute approximate surface area is 92.8 Å². The number of benzene rings is 1. The summed E-state index contributed by atoms with van der Waals surface area (Å²) < 4.78 is 4.66. The molecule has 0 atom stereocenters. The van der Waals surface area contributed by atoms with Gasteiger partial charge >= 0.3 is 5.97 Å². The Kier molecular flexibility index (Phi) is 2.76. The highest BCUT2D eigenvalue weighted by atomic mass is 16.5. The number of rotatable bonds is 1. The third-order valence-electron chi connectivity index (χ3n) is 2.40. The van der Waals surface area contributed by atoms with E-state index in [2.05, 4.69) is 15.4 Å². The summed E-state index contributed by atoms with van der Waals surface area (Å²) in [6, 6.07) is 5.18. The van der Waals surface area contributed by atoms with Crippen molar-refractivity contribution in [3.05, 3.63) is 23.8 Å². The lowest BCUT2D eigenvalue weighted by molar-refractivity contribution is -0.115. The Balaban J connectivity index is 2.48. The molecule has 1 aromatic carbocycles. The number of esters is 1. The summed E-state index contributed by atoms with van der Waals surface area (Å²) in [5.41, 5.74) is 1.60. The molecular weight excluding hydrogens is 208 g/mol. The molecule has 2 rings (SSSR count). The summed E-state index contributed by atoms with van der Waals surface area (Å²) in [5, 5.41) is 5.79. The lowest BCUT2D eigenvalue weighted by Crippen LogP contribution is -2.13. The van der Waals surface area contributed by atoms with E-state index in [1.165, 1.54) is 7.11 Å². The maximum Gasteiger partial charge on any atom is 0.340 e. The van der Waals surface area contributed by atoms with E-state index in [-0.39, 0.29) is 5.91 Å². The molecule has 0 aliphatic carbocycles. The Morgan fingerprint density at radius 3 is 3.00 bits per heavy atom. The highest BCUT2D eigenvalue weighted by Gasteiger charge is 2.19. The van der Waals surface area contributed by atoms with Crippen LogP contribution in [0.1, 0.15) is 16.8 Å². The van der Waals surface area contributed by atoms with Gasteiger partial charge in [0.2, 0.25) is 5.91 Å². The van der Waals surface area contributed by atoms with Crippen LogP contribution in [0.5, 0.6) is 0 Å². The molecule has 1 aromatic rings. The van der Waals surface area contributed by atoms with Crippen LogP contribution in [-0.2, 0) is 9.53 Å². The monoisotopic (exact) mass is 220 g/mol. The minimum Gasteiger partial charge on any atom is -0.465 e. The van der Waals surface area contributed by atoms with E-state index in [1.54, 1.807) is 12.1 Å². The van der Waals surface area contributed by atoms with Crippen molar-refractivity contribution in [2.75, 3.05) is 24.3 Å². The van der Waals surface area contributed by atoms with Gasteiger partial charge in [-0.05, 0) is 12.1 Å². The van der Waals surface area contributed by atoms with Gasteiger partial charge < -0.3 is 15.4 Å². The Bertz CT molecular complexity index is 443. The molecule has 5 nitrogen and oxygen atoms in total. The second kappa shape index (κ2) is 4.22. The first kappa shape index (κ1) is 10.5. The van der Waals surface area contributed by atoms with Crippen LogP contribution >= 0.6 is 0 Å². The van der Waals surface area contributed by atoms with Gasteiger partial charge in [0.1, 0.15) is 0 Å². The molecule has 1 aliphatic heterocycles. The van der Waals surface area contributed by atoms with E-state index in [0.717, 1.165) is 5.69 Å². The summed E-state index contributed by atoms with van der Waals surface area (Å²) in [7, 11) is 1.31. The number of carbonyl (C=O) groups excluding carboxylic acids is 2. The van der Waals surface area contributed by atoms with Crippen LogP contribution in [0.15, 0.2) is 18.2 Å². The number of ether oxygens (including phenoxy) is 1. The SMILES string of the molecule is COC(=O)c1cccc2c1NC(=O)CCN2. The molecule has 0 fully saturated rings. The maximum absolute atomic E-state index is 11.5. The van der Waals surface area contributed by atoms with Crippen molar-refractivity contribution < 1.29 is 14.3 Å². The Morgan fingerprint density at radius 2 is 2.25 bits per heavy atom.